The number of rotatable bonds is 5. The third-order valence-electron chi connectivity index (χ3n) is 4.24. The van der Waals surface area contributed by atoms with E-state index in [1.165, 1.54) is 11.3 Å². The molecule has 7 heteroatoms. The van der Waals surface area contributed by atoms with Crippen molar-refractivity contribution in [2.75, 3.05) is 11.4 Å². The van der Waals surface area contributed by atoms with Crippen LogP contribution in [-0.2, 0) is 20.7 Å². The fourth-order valence-electron chi connectivity index (χ4n) is 3.03. The number of para-hydroxylation sites is 1. The van der Waals surface area contributed by atoms with Crippen molar-refractivity contribution in [3.05, 3.63) is 52.2 Å². The van der Waals surface area contributed by atoms with Gasteiger partial charge in [-0.15, -0.1) is 11.3 Å². The summed E-state index contributed by atoms with van der Waals surface area (Å²) in [5, 5.41) is 4.28. The smallest absolute Gasteiger partial charge is 0.326 e. The largest absolute Gasteiger partial charge is 0.451 e. The zero-order valence-electron chi connectivity index (χ0n) is 14.6. The maximum Gasteiger partial charge on any atom is 0.326 e. The predicted octanol–water partition coefficient (Wildman–Crippen LogP) is 2.39. The number of fused-ring (bicyclic) bond motifs is 1. The number of benzene rings is 1. The lowest BCUT2D eigenvalue weighted by molar-refractivity contribution is -0.152. The van der Waals surface area contributed by atoms with Crippen molar-refractivity contribution in [1.82, 2.24) is 5.32 Å². The molecule has 3 rings (SSSR count). The molecule has 0 aliphatic carbocycles. The molecule has 2 aromatic rings. The first-order valence-corrected chi connectivity index (χ1v) is 9.27. The number of nitrogens with zero attached hydrogens (tertiary/aromatic N) is 1. The summed E-state index contributed by atoms with van der Waals surface area (Å²) < 4.78 is 5.21. The van der Waals surface area contributed by atoms with Gasteiger partial charge in [0.15, 0.2) is 6.10 Å². The van der Waals surface area contributed by atoms with Crippen LogP contribution in [0.5, 0.6) is 0 Å². The quantitative estimate of drug-likeness (QED) is 0.818. The maximum absolute atomic E-state index is 12.7. The van der Waals surface area contributed by atoms with Crippen LogP contribution in [0, 0.1) is 0 Å². The number of hydrogen-bond acceptors (Lipinski definition) is 5. The molecule has 0 unspecified atom stereocenters. The first-order valence-electron chi connectivity index (χ1n) is 8.39. The van der Waals surface area contributed by atoms with Crippen LogP contribution in [0.2, 0.25) is 0 Å². The fraction of sp³-hybridized carbons (Fsp3) is 0.316. The molecule has 1 aromatic carbocycles. The summed E-state index contributed by atoms with van der Waals surface area (Å²) in [6, 6.07) is 11.2. The van der Waals surface area contributed by atoms with Gasteiger partial charge in [-0.25, -0.2) is 0 Å². The second-order valence-corrected chi connectivity index (χ2v) is 7.13. The molecule has 136 valence electrons. The summed E-state index contributed by atoms with van der Waals surface area (Å²) in [5.41, 5.74) is 1.97. The molecule has 2 atom stereocenters. The number of esters is 1. The first-order chi connectivity index (χ1) is 12.5. The van der Waals surface area contributed by atoms with Gasteiger partial charge >= 0.3 is 5.97 Å². The van der Waals surface area contributed by atoms with Gasteiger partial charge in [0.05, 0.1) is 4.88 Å². The van der Waals surface area contributed by atoms with Crippen molar-refractivity contribution >= 4 is 34.8 Å². The lowest BCUT2D eigenvalue weighted by atomic mass is 10.1. The van der Waals surface area contributed by atoms with Gasteiger partial charge < -0.3 is 15.0 Å². The van der Waals surface area contributed by atoms with E-state index in [9.17, 15) is 14.4 Å². The van der Waals surface area contributed by atoms with Crippen molar-refractivity contribution in [2.45, 2.75) is 32.4 Å². The molecule has 2 amide bonds. The lowest BCUT2D eigenvalue weighted by Gasteiger charge is -2.25. The lowest BCUT2D eigenvalue weighted by Crippen LogP contribution is -2.44. The van der Waals surface area contributed by atoms with Crippen LogP contribution >= 0.6 is 11.3 Å². The molecule has 2 heterocycles. The number of thiophene rings is 1. The maximum atomic E-state index is 12.7. The Balaban J connectivity index is 1.56. The molecule has 26 heavy (non-hydrogen) atoms. The van der Waals surface area contributed by atoms with Gasteiger partial charge in [0, 0.05) is 11.7 Å². The Labute approximate surface area is 155 Å². The minimum Gasteiger partial charge on any atom is -0.451 e. The van der Waals surface area contributed by atoms with E-state index in [4.69, 9.17) is 4.74 Å². The molecule has 0 radical (unpaired) electrons. The van der Waals surface area contributed by atoms with Gasteiger partial charge in [-0.1, -0.05) is 24.3 Å². The Kier molecular flexibility index (Phi) is 5.37. The number of carbonyl (C=O) groups is 3. The second kappa shape index (κ2) is 7.70. The zero-order chi connectivity index (χ0) is 18.7. The Morgan fingerprint density at radius 2 is 2.04 bits per heavy atom. The monoisotopic (exact) mass is 372 g/mol. The van der Waals surface area contributed by atoms with E-state index in [0.29, 0.717) is 4.88 Å². The molecular formula is C19H20N2O4S. The van der Waals surface area contributed by atoms with Gasteiger partial charge in [-0.05, 0) is 43.3 Å². The Hall–Kier alpha value is -2.67. The first kappa shape index (κ1) is 18.1. The highest BCUT2D eigenvalue weighted by Gasteiger charge is 2.34. The summed E-state index contributed by atoms with van der Waals surface area (Å²) in [5.74, 6) is -1.24. The van der Waals surface area contributed by atoms with Gasteiger partial charge in [-0.2, -0.15) is 0 Å². The molecular weight excluding hydrogens is 352 g/mol. The van der Waals surface area contributed by atoms with Crippen LogP contribution in [0.25, 0.3) is 0 Å². The molecule has 0 saturated heterocycles. The number of carbonyl (C=O) groups excluding carboxylic acids is 3. The average Bonchev–Trinajstić information content (AvgIpc) is 3.26. The van der Waals surface area contributed by atoms with Gasteiger partial charge in [0.25, 0.3) is 11.8 Å². The van der Waals surface area contributed by atoms with Crippen molar-refractivity contribution in [2.24, 2.45) is 0 Å². The van der Waals surface area contributed by atoms with E-state index in [0.717, 1.165) is 17.7 Å². The standard InChI is InChI=1S/C19H20N2O4S/c1-12-10-14-6-3-4-7-15(14)21(12)19(24)13(2)25-17(22)11-20-18(23)16-8-5-9-26-16/h3-9,12-13H,10-11H2,1-2H3,(H,20,23)/t12-,13+/m0/s1. The van der Waals surface area contributed by atoms with E-state index in [-0.39, 0.29) is 24.4 Å². The molecule has 1 aliphatic rings. The number of hydrogen-bond donors (Lipinski definition) is 1. The molecule has 6 nitrogen and oxygen atoms in total. The minimum atomic E-state index is -0.922. The molecule has 0 fully saturated rings. The molecule has 0 spiro atoms. The summed E-state index contributed by atoms with van der Waals surface area (Å²) in [7, 11) is 0. The summed E-state index contributed by atoms with van der Waals surface area (Å²) in [4.78, 5) is 38.7. The minimum absolute atomic E-state index is 0.0135. The SMILES string of the molecule is C[C@@H](OC(=O)CNC(=O)c1cccs1)C(=O)N1c2ccccc2C[C@@H]1C. The van der Waals surface area contributed by atoms with Crippen molar-refractivity contribution in [3.8, 4) is 0 Å². The topological polar surface area (TPSA) is 75.7 Å². The van der Waals surface area contributed by atoms with Gasteiger partial charge in [0.1, 0.15) is 6.54 Å². The van der Waals surface area contributed by atoms with Crippen molar-refractivity contribution in [1.29, 1.82) is 0 Å². The number of amides is 2. The van der Waals surface area contributed by atoms with Crippen molar-refractivity contribution < 1.29 is 19.1 Å². The highest BCUT2D eigenvalue weighted by Crippen LogP contribution is 2.32. The molecule has 1 aliphatic heterocycles. The summed E-state index contributed by atoms with van der Waals surface area (Å²) >= 11 is 1.29. The van der Waals surface area contributed by atoms with Crippen molar-refractivity contribution in [3.63, 3.8) is 0 Å². The third-order valence-corrected chi connectivity index (χ3v) is 5.11. The number of nitrogens with one attached hydrogen (secondary N) is 1. The predicted molar refractivity (Wildman–Crippen MR) is 99.3 cm³/mol. The third kappa shape index (κ3) is 3.77. The van der Waals surface area contributed by atoms with Crippen LogP contribution in [0.3, 0.4) is 0 Å². The zero-order valence-corrected chi connectivity index (χ0v) is 15.4. The van der Waals surface area contributed by atoms with Crippen LogP contribution in [0.4, 0.5) is 5.69 Å². The van der Waals surface area contributed by atoms with E-state index in [1.807, 2.05) is 31.2 Å². The van der Waals surface area contributed by atoms with E-state index in [2.05, 4.69) is 5.32 Å². The van der Waals surface area contributed by atoms with Gasteiger partial charge in [0.2, 0.25) is 0 Å². The van der Waals surface area contributed by atoms with Crippen LogP contribution in [0.1, 0.15) is 29.1 Å². The molecule has 0 bridgehead atoms. The summed E-state index contributed by atoms with van der Waals surface area (Å²) in [6.45, 7) is 3.24. The number of anilines is 1. The Morgan fingerprint density at radius 1 is 1.27 bits per heavy atom. The van der Waals surface area contributed by atoms with E-state index in [1.54, 1.807) is 29.3 Å². The average molecular weight is 372 g/mol. The molecule has 1 N–H and O–H groups in total. The van der Waals surface area contributed by atoms with Gasteiger partial charge in [-0.3, -0.25) is 14.4 Å². The molecule has 1 aromatic heterocycles. The normalized spacial score (nSPS) is 16.7. The fourth-order valence-corrected chi connectivity index (χ4v) is 3.67. The number of ether oxygens (including phenoxy) is 1. The second-order valence-electron chi connectivity index (χ2n) is 6.18. The van der Waals surface area contributed by atoms with Crippen LogP contribution in [0.15, 0.2) is 41.8 Å². The Morgan fingerprint density at radius 3 is 2.77 bits per heavy atom. The highest BCUT2D eigenvalue weighted by atomic mass is 32.1. The van der Waals surface area contributed by atoms with E-state index < -0.39 is 12.1 Å². The summed E-state index contributed by atoms with van der Waals surface area (Å²) in [6.07, 6.45) is -0.144. The Bertz CT molecular complexity index is 819. The van der Waals surface area contributed by atoms with Crippen LogP contribution in [-0.4, -0.2) is 36.5 Å². The highest BCUT2D eigenvalue weighted by molar-refractivity contribution is 7.12. The van der Waals surface area contributed by atoms with E-state index >= 15 is 0 Å². The van der Waals surface area contributed by atoms with Crippen LogP contribution < -0.4 is 10.2 Å². The molecule has 0 saturated carbocycles.